The van der Waals surface area contributed by atoms with Crippen LogP contribution >= 0.6 is 0 Å². The topological polar surface area (TPSA) is 0 Å². The smallest absolute Gasteiger partial charge is 0.00933 e. The molecule has 0 aromatic heterocycles. The number of hydrogen-bond acceptors (Lipinski definition) is 0. The van der Waals surface area contributed by atoms with Crippen LogP contribution in [0.25, 0.3) is 5.57 Å². The average molecular weight is 298 g/mol. The van der Waals surface area contributed by atoms with Crippen LogP contribution in [0.5, 0.6) is 0 Å². The lowest BCUT2D eigenvalue weighted by Crippen LogP contribution is -2.26. The highest BCUT2D eigenvalue weighted by molar-refractivity contribution is 5.86. The molecule has 1 unspecified atom stereocenters. The van der Waals surface area contributed by atoms with Crippen molar-refractivity contribution in [3.8, 4) is 0 Å². The molecule has 0 radical (unpaired) electrons. The monoisotopic (exact) mass is 298 g/mol. The van der Waals surface area contributed by atoms with Gasteiger partial charge < -0.3 is 0 Å². The van der Waals surface area contributed by atoms with Crippen LogP contribution in [0.1, 0.15) is 36.5 Å². The fraction of sp³-hybridized carbons (Fsp3) is 0.217. The van der Waals surface area contributed by atoms with Crippen molar-refractivity contribution < 1.29 is 0 Å². The van der Waals surface area contributed by atoms with E-state index in [1.165, 1.54) is 22.3 Å². The minimum Gasteiger partial charge on any atom is -0.0771 e. The van der Waals surface area contributed by atoms with Gasteiger partial charge in [-0.25, -0.2) is 0 Å². The van der Waals surface area contributed by atoms with Crippen molar-refractivity contribution in [1.82, 2.24) is 0 Å². The minimum absolute atomic E-state index is 0.163. The van der Waals surface area contributed by atoms with Gasteiger partial charge in [-0.2, -0.15) is 0 Å². The van der Waals surface area contributed by atoms with Gasteiger partial charge in [0.25, 0.3) is 0 Å². The third-order valence-electron chi connectivity index (χ3n) is 5.41. The van der Waals surface area contributed by atoms with Crippen molar-refractivity contribution in [3.05, 3.63) is 102 Å². The number of allylic oxidation sites excluding steroid dienone is 5. The van der Waals surface area contributed by atoms with Crippen LogP contribution in [0.2, 0.25) is 0 Å². The third kappa shape index (κ3) is 2.30. The molecular weight excluding hydrogens is 276 g/mol. The summed E-state index contributed by atoms with van der Waals surface area (Å²) in [5.41, 5.74) is 5.71. The van der Waals surface area contributed by atoms with Gasteiger partial charge in [0.2, 0.25) is 0 Å². The zero-order valence-electron chi connectivity index (χ0n) is 13.7. The Morgan fingerprint density at radius 2 is 1.43 bits per heavy atom. The summed E-state index contributed by atoms with van der Waals surface area (Å²) in [5.74, 6) is 0.929. The summed E-state index contributed by atoms with van der Waals surface area (Å²) in [5, 5.41) is 0. The lowest BCUT2D eigenvalue weighted by molar-refractivity contribution is 0.272. The molecule has 0 nitrogen and oxygen atoms in total. The van der Waals surface area contributed by atoms with Crippen LogP contribution in [0.3, 0.4) is 0 Å². The van der Waals surface area contributed by atoms with Gasteiger partial charge in [-0.05, 0) is 27.7 Å². The average Bonchev–Trinajstić information content (AvgIpc) is 3.24. The number of benzene rings is 2. The largest absolute Gasteiger partial charge is 0.0771 e. The predicted molar refractivity (Wildman–Crippen MR) is 98.3 cm³/mol. The summed E-state index contributed by atoms with van der Waals surface area (Å²) >= 11 is 0. The summed E-state index contributed by atoms with van der Waals surface area (Å²) in [7, 11) is 0. The summed E-state index contributed by atoms with van der Waals surface area (Å²) in [6.07, 6.45) is 11.5. The first-order valence-corrected chi connectivity index (χ1v) is 8.39. The van der Waals surface area contributed by atoms with Crippen LogP contribution < -0.4 is 0 Å². The quantitative estimate of drug-likeness (QED) is 0.653. The van der Waals surface area contributed by atoms with Crippen LogP contribution in [0.4, 0.5) is 0 Å². The van der Waals surface area contributed by atoms with E-state index in [1.807, 2.05) is 0 Å². The second kappa shape index (κ2) is 5.38. The number of hydrogen-bond donors (Lipinski definition) is 0. The molecule has 0 saturated carbocycles. The molecule has 23 heavy (non-hydrogen) atoms. The van der Waals surface area contributed by atoms with Crippen molar-refractivity contribution >= 4 is 5.57 Å². The molecule has 0 bridgehead atoms. The maximum Gasteiger partial charge on any atom is 0.00933 e. The van der Waals surface area contributed by atoms with E-state index in [0.717, 1.165) is 0 Å². The molecule has 0 aliphatic heterocycles. The normalized spacial score (nSPS) is 19.9. The SMILES string of the molecule is CC(C)(C1C=CC=C1)C1C=C(c2ccccc2)c2ccccc21. The summed E-state index contributed by atoms with van der Waals surface area (Å²) in [6, 6.07) is 19.7. The van der Waals surface area contributed by atoms with E-state index >= 15 is 0 Å². The highest BCUT2D eigenvalue weighted by atomic mass is 14.4. The zero-order chi connectivity index (χ0) is 15.9. The summed E-state index contributed by atoms with van der Waals surface area (Å²) in [4.78, 5) is 0. The van der Waals surface area contributed by atoms with Crippen LogP contribution in [0, 0.1) is 11.3 Å². The Kier molecular flexibility index (Phi) is 3.34. The van der Waals surface area contributed by atoms with Gasteiger partial charge >= 0.3 is 0 Å². The van der Waals surface area contributed by atoms with Crippen molar-refractivity contribution in [2.45, 2.75) is 19.8 Å². The molecule has 0 spiro atoms. The second-order valence-electron chi connectivity index (χ2n) is 7.13. The third-order valence-corrected chi connectivity index (χ3v) is 5.41. The van der Waals surface area contributed by atoms with Crippen LogP contribution in [-0.2, 0) is 0 Å². The zero-order valence-corrected chi connectivity index (χ0v) is 13.7. The first-order chi connectivity index (χ1) is 11.2. The molecule has 2 aliphatic carbocycles. The first-order valence-electron chi connectivity index (χ1n) is 8.39. The first kappa shape index (κ1) is 14.3. The molecule has 0 N–H and O–H groups in total. The van der Waals surface area contributed by atoms with Crippen molar-refractivity contribution in [2.24, 2.45) is 11.3 Å². The molecule has 2 aliphatic rings. The van der Waals surface area contributed by atoms with E-state index in [2.05, 4.69) is 98.8 Å². The molecular formula is C23H22. The lowest BCUT2D eigenvalue weighted by atomic mass is 9.68. The van der Waals surface area contributed by atoms with Crippen LogP contribution in [-0.4, -0.2) is 0 Å². The maximum absolute atomic E-state index is 2.49. The summed E-state index contributed by atoms with van der Waals surface area (Å²) < 4.78 is 0. The second-order valence-corrected chi connectivity index (χ2v) is 7.13. The predicted octanol–water partition coefficient (Wildman–Crippen LogP) is 5.98. The van der Waals surface area contributed by atoms with Gasteiger partial charge in [0.05, 0.1) is 0 Å². The molecule has 2 aromatic rings. The lowest BCUT2D eigenvalue weighted by Gasteiger charge is -2.35. The Morgan fingerprint density at radius 3 is 2.17 bits per heavy atom. The Balaban J connectivity index is 1.83. The van der Waals surface area contributed by atoms with Gasteiger partial charge in [0.1, 0.15) is 0 Å². The van der Waals surface area contributed by atoms with Crippen LogP contribution in [0.15, 0.2) is 85.0 Å². The van der Waals surface area contributed by atoms with E-state index in [9.17, 15) is 0 Å². The van der Waals surface area contributed by atoms with Gasteiger partial charge in [-0.3, -0.25) is 0 Å². The van der Waals surface area contributed by atoms with E-state index in [-0.39, 0.29) is 5.41 Å². The van der Waals surface area contributed by atoms with Gasteiger partial charge in [-0.1, -0.05) is 98.8 Å². The molecule has 0 heteroatoms. The highest BCUT2D eigenvalue weighted by Crippen LogP contribution is 2.51. The molecule has 114 valence electrons. The summed E-state index contributed by atoms with van der Waals surface area (Å²) in [6.45, 7) is 4.78. The minimum atomic E-state index is 0.163. The number of rotatable bonds is 3. The standard InChI is InChI=1S/C23H22/c1-23(2,18-12-6-7-13-18)22-16-21(17-10-4-3-5-11-17)19-14-8-9-15-20(19)22/h3-16,18,22H,1-2H3. The van der Waals surface area contributed by atoms with Gasteiger partial charge in [0, 0.05) is 11.8 Å². The van der Waals surface area contributed by atoms with Crippen molar-refractivity contribution in [3.63, 3.8) is 0 Å². The van der Waals surface area contributed by atoms with Crippen molar-refractivity contribution in [1.29, 1.82) is 0 Å². The molecule has 2 aromatic carbocycles. The van der Waals surface area contributed by atoms with E-state index < -0.39 is 0 Å². The van der Waals surface area contributed by atoms with E-state index in [1.54, 1.807) is 0 Å². The van der Waals surface area contributed by atoms with E-state index in [0.29, 0.717) is 11.8 Å². The Bertz CT molecular complexity index is 791. The van der Waals surface area contributed by atoms with Crippen molar-refractivity contribution in [2.75, 3.05) is 0 Å². The Hall–Kier alpha value is -2.34. The number of fused-ring (bicyclic) bond motifs is 1. The molecule has 0 amide bonds. The Morgan fingerprint density at radius 1 is 0.783 bits per heavy atom. The molecule has 4 rings (SSSR count). The molecule has 0 fully saturated rings. The van der Waals surface area contributed by atoms with Gasteiger partial charge in [-0.15, -0.1) is 0 Å². The highest BCUT2D eigenvalue weighted by Gasteiger charge is 2.39. The molecule has 1 atom stereocenters. The maximum atomic E-state index is 2.49. The fourth-order valence-corrected chi connectivity index (χ4v) is 3.98. The molecule has 0 heterocycles. The van der Waals surface area contributed by atoms with Gasteiger partial charge in [0.15, 0.2) is 0 Å². The molecule has 0 saturated heterocycles. The Labute approximate surface area is 138 Å². The van der Waals surface area contributed by atoms with E-state index in [4.69, 9.17) is 0 Å². The fourth-order valence-electron chi connectivity index (χ4n) is 3.98.